The lowest BCUT2D eigenvalue weighted by Crippen LogP contribution is -2.42. The Morgan fingerprint density at radius 1 is 1.33 bits per heavy atom. The lowest BCUT2D eigenvalue weighted by Gasteiger charge is -2.25. The van der Waals surface area contributed by atoms with Crippen LogP contribution in [0.2, 0.25) is 0 Å². The monoisotopic (exact) mass is 215 g/mol. The Morgan fingerprint density at radius 2 is 1.93 bits per heavy atom. The van der Waals surface area contributed by atoms with Crippen LogP contribution < -0.4 is 0 Å². The van der Waals surface area contributed by atoms with E-state index in [1.165, 1.54) is 11.8 Å². The van der Waals surface area contributed by atoms with E-state index in [1.807, 2.05) is 13.8 Å². The van der Waals surface area contributed by atoms with Gasteiger partial charge < -0.3 is 9.64 Å². The van der Waals surface area contributed by atoms with Crippen molar-refractivity contribution in [3.8, 4) is 0 Å². The van der Waals surface area contributed by atoms with Crippen molar-refractivity contribution in [2.45, 2.75) is 46.6 Å². The number of rotatable bonds is 6. The van der Waals surface area contributed by atoms with Gasteiger partial charge in [0.25, 0.3) is 0 Å². The number of likely N-dealkylation sites (N-methyl/N-ethyl adjacent to an activating group) is 1. The van der Waals surface area contributed by atoms with E-state index in [-0.39, 0.29) is 11.9 Å². The summed E-state index contributed by atoms with van der Waals surface area (Å²) in [6, 6.07) is -0.482. The van der Waals surface area contributed by atoms with Gasteiger partial charge in [0.15, 0.2) is 0 Å². The minimum atomic E-state index is -0.482. The van der Waals surface area contributed by atoms with E-state index in [4.69, 9.17) is 4.74 Å². The molecule has 0 aliphatic heterocycles. The Hall–Kier alpha value is -1.06. The number of carbonyl (C=O) groups excluding carboxylic acids is 2. The average Bonchev–Trinajstić information content (AvgIpc) is 2.18. The molecule has 0 fully saturated rings. The number of esters is 1. The van der Waals surface area contributed by atoms with Gasteiger partial charge in [0.05, 0.1) is 6.61 Å². The molecule has 0 heterocycles. The van der Waals surface area contributed by atoms with E-state index in [2.05, 4.69) is 0 Å². The highest BCUT2D eigenvalue weighted by molar-refractivity contribution is 5.82. The van der Waals surface area contributed by atoms with Gasteiger partial charge in [-0.05, 0) is 20.3 Å². The number of carbonyl (C=O) groups is 2. The van der Waals surface area contributed by atoms with Crippen LogP contribution in [0.25, 0.3) is 0 Å². The highest BCUT2D eigenvalue weighted by Crippen LogP contribution is 2.02. The first-order chi connectivity index (χ1) is 7.04. The van der Waals surface area contributed by atoms with Crippen molar-refractivity contribution in [1.82, 2.24) is 4.90 Å². The van der Waals surface area contributed by atoms with Gasteiger partial charge in [-0.25, -0.2) is 4.79 Å². The number of hydrogen-bond acceptors (Lipinski definition) is 3. The van der Waals surface area contributed by atoms with Crippen LogP contribution in [-0.4, -0.2) is 36.0 Å². The van der Waals surface area contributed by atoms with E-state index in [0.29, 0.717) is 13.2 Å². The zero-order valence-electron chi connectivity index (χ0n) is 10.1. The van der Waals surface area contributed by atoms with Gasteiger partial charge in [-0.2, -0.15) is 0 Å². The molecule has 0 N–H and O–H groups in total. The van der Waals surface area contributed by atoms with E-state index >= 15 is 0 Å². The first kappa shape index (κ1) is 13.9. The van der Waals surface area contributed by atoms with Crippen molar-refractivity contribution in [3.05, 3.63) is 0 Å². The molecule has 0 saturated heterocycles. The van der Waals surface area contributed by atoms with Crippen LogP contribution in [0, 0.1) is 0 Å². The fourth-order valence-corrected chi connectivity index (χ4v) is 1.33. The summed E-state index contributed by atoms with van der Waals surface area (Å²) in [5.41, 5.74) is 0. The van der Waals surface area contributed by atoms with Crippen molar-refractivity contribution in [2.24, 2.45) is 0 Å². The summed E-state index contributed by atoms with van der Waals surface area (Å²) >= 11 is 0. The van der Waals surface area contributed by atoms with Gasteiger partial charge in [-0.15, -0.1) is 0 Å². The predicted molar refractivity (Wildman–Crippen MR) is 58.4 cm³/mol. The molecule has 0 aromatic carbocycles. The Balaban J connectivity index is 4.10. The quantitative estimate of drug-likeness (QED) is 0.499. The standard InChI is InChI=1S/C11H21NO3/c1-5-7-8-15-11(14)9(3)12(6-2)10(4)13/h9H,5-8H2,1-4H3. The molecule has 0 aromatic heterocycles. The van der Waals surface area contributed by atoms with Crippen LogP contribution >= 0.6 is 0 Å². The fraction of sp³-hybridized carbons (Fsp3) is 0.818. The van der Waals surface area contributed by atoms with Crippen LogP contribution in [0.5, 0.6) is 0 Å². The molecule has 1 atom stereocenters. The fourth-order valence-electron chi connectivity index (χ4n) is 1.33. The second kappa shape index (κ2) is 7.26. The minimum Gasteiger partial charge on any atom is -0.464 e. The van der Waals surface area contributed by atoms with Crippen LogP contribution in [-0.2, 0) is 14.3 Å². The average molecular weight is 215 g/mol. The zero-order valence-corrected chi connectivity index (χ0v) is 10.1. The predicted octanol–water partition coefficient (Wildman–Crippen LogP) is 1.59. The Kier molecular flexibility index (Phi) is 6.75. The molecule has 0 saturated carbocycles. The van der Waals surface area contributed by atoms with E-state index < -0.39 is 6.04 Å². The van der Waals surface area contributed by atoms with Crippen LogP contribution in [0.4, 0.5) is 0 Å². The first-order valence-electron chi connectivity index (χ1n) is 5.48. The molecule has 4 heteroatoms. The zero-order chi connectivity index (χ0) is 11.8. The molecule has 0 aromatic rings. The van der Waals surface area contributed by atoms with E-state index in [9.17, 15) is 9.59 Å². The Labute approximate surface area is 91.6 Å². The summed E-state index contributed by atoms with van der Waals surface area (Å²) < 4.78 is 5.04. The number of nitrogens with zero attached hydrogens (tertiary/aromatic N) is 1. The molecule has 1 amide bonds. The summed E-state index contributed by atoms with van der Waals surface area (Å²) in [6.07, 6.45) is 1.86. The topological polar surface area (TPSA) is 46.6 Å². The molecule has 0 aliphatic rings. The third-order valence-corrected chi connectivity index (χ3v) is 2.30. The van der Waals surface area contributed by atoms with Gasteiger partial charge in [0.1, 0.15) is 6.04 Å². The van der Waals surface area contributed by atoms with Gasteiger partial charge in [0, 0.05) is 13.5 Å². The molecule has 88 valence electrons. The largest absolute Gasteiger partial charge is 0.464 e. The molecular weight excluding hydrogens is 194 g/mol. The number of ether oxygens (including phenoxy) is 1. The summed E-state index contributed by atoms with van der Waals surface area (Å²) in [5, 5.41) is 0. The highest BCUT2D eigenvalue weighted by Gasteiger charge is 2.22. The van der Waals surface area contributed by atoms with Crippen molar-refractivity contribution < 1.29 is 14.3 Å². The summed E-state index contributed by atoms with van der Waals surface area (Å²) in [6.45, 7) is 8.00. The number of unbranched alkanes of at least 4 members (excludes halogenated alkanes) is 1. The molecule has 1 unspecified atom stereocenters. The normalized spacial score (nSPS) is 12.0. The maximum atomic E-state index is 11.5. The maximum absolute atomic E-state index is 11.5. The van der Waals surface area contributed by atoms with Crippen molar-refractivity contribution >= 4 is 11.9 Å². The molecule has 0 aliphatic carbocycles. The third-order valence-electron chi connectivity index (χ3n) is 2.30. The maximum Gasteiger partial charge on any atom is 0.328 e. The second-order valence-electron chi connectivity index (χ2n) is 3.50. The van der Waals surface area contributed by atoms with Gasteiger partial charge in [-0.1, -0.05) is 13.3 Å². The lowest BCUT2D eigenvalue weighted by atomic mass is 10.3. The van der Waals surface area contributed by atoms with Gasteiger partial charge in [0.2, 0.25) is 5.91 Å². The molecule has 15 heavy (non-hydrogen) atoms. The Bertz CT molecular complexity index is 216. The van der Waals surface area contributed by atoms with Gasteiger partial charge >= 0.3 is 5.97 Å². The highest BCUT2D eigenvalue weighted by atomic mass is 16.5. The minimum absolute atomic E-state index is 0.0996. The molecule has 0 rings (SSSR count). The molecule has 0 bridgehead atoms. The lowest BCUT2D eigenvalue weighted by molar-refractivity contribution is -0.153. The van der Waals surface area contributed by atoms with Crippen molar-refractivity contribution in [2.75, 3.05) is 13.2 Å². The van der Waals surface area contributed by atoms with Crippen LogP contribution in [0.3, 0.4) is 0 Å². The Morgan fingerprint density at radius 3 is 2.33 bits per heavy atom. The third kappa shape index (κ3) is 4.81. The van der Waals surface area contributed by atoms with E-state index in [0.717, 1.165) is 12.8 Å². The summed E-state index contributed by atoms with van der Waals surface area (Å²) in [4.78, 5) is 24.2. The molecule has 0 radical (unpaired) electrons. The SMILES string of the molecule is CCCCOC(=O)C(C)N(CC)C(C)=O. The van der Waals surface area contributed by atoms with Crippen LogP contribution in [0.15, 0.2) is 0 Å². The second-order valence-corrected chi connectivity index (χ2v) is 3.50. The van der Waals surface area contributed by atoms with E-state index in [1.54, 1.807) is 6.92 Å². The van der Waals surface area contributed by atoms with Crippen LogP contribution in [0.1, 0.15) is 40.5 Å². The van der Waals surface area contributed by atoms with Crippen molar-refractivity contribution in [1.29, 1.82) is 0 Å². The van der Waals surface area contributed by atoms with Gasteiger partial charge in [-0.3, -0.25) is 4.79 Å². The first-order valence-corrected chi connectivity index (χ1v) is 5.48. The smallest absolute Gasteiger partial charge is 0.328 e. The molecular formula is C11H21NO3. The molecule has 4 nitrogen and oxygen atoms in total. The summed E-state index contributed by atoms with van der Waals surface area (Å²) in [5.74, 6) is -0.419. The van der Waals surface area contributed by atoms with Crippen molar-refractivity contribution in [3.63, 3.8) is 0 Å². The number of amides is 1. The molecule has 0 spiro atoms. The number of hydrogen-bond donors (Lipinski definition) is 0. The summed E-state index contributed by atoms with van der Waals surface area (Å²) in [7, 11) is 0.